The van der Waals surface area contributed by atoms with E-state index < -0.39 is 14.3 Å². The van der Waals surface area contributed by atoms with Crippen LogP contribution < -0.4 is 11.1 Å². The minimum absolute atomic E-state index is 0. The smallest absolute Gasteiger partial charge is 0.390 e. The Bertz CT molecular complexity index is 363. The highest BCUT2D eigenvalue weighted by atomic mass is 35.5. The molecule has 0 aromatic carbocycles. The largest absolute Gasteiger partial charge is 0.494 e. The Kier molecular flexibility index (Phi) is 21.6. The summed E-state index contributed by atoms with van der Waals surface area (Å²) in [5.74, 6) is 0. The topological polar surface area (TPSA) is 98.7 Å². The molecule has 0 aliphatic carbocycles. The number of halogens is 1. The van der Waals surface area contributed by atoms with Gasteiger partial charge < -0.3 is 25.4 Å². The van der Waals surface area contributed by atoms with Crippen molar-refractivity contribution in [1.82, 2.24) is 5.32 Å². The molecule has 0 aliphatic heterocycles. The lowest BCUT2D eigenvalue weighted by Gasteiger charge is -2.33. The average molecular weight is 469 g/mol. The van der Waals surface area contributed by atoms with Gasteiger partial charge in [0.1, 0.15) is 0 Å². The normalized spacial score (nSPS) is 13.3. The van der Waals surface area contributed by atoms with Gasteiger partial charge in [0.05, 0.1) is 0 Å². The van der Waals surface area contributed by atoms with Crippen LogP contribution in [-0.4, -0.2) is 41.3 Å². The lowest BCUT2D eigenvalue weighted by Crippen LogP contribution is -2.57. The molecule has 0 heterocycles. The summed E-state index contributed by atoms with van der Waals surface area (Å²) in [4.78, 5) is 28.0. The summed E-state index contributed by atoms with van der Waals surface area (Å²) in [7, 11) is -4.08. The third-order valence-electron chi connectivity index (χ3n) is 5.80. The van der Waals surface area contributed by atoms with Crippen molar-refractivity contribution in [2.45, 2.75) is 141 Å². The molecular weight excluding hydrogens is 416 g/mol. The highest BCUT2D eigenvalue weighted by Gasteiger charge is 2.37. The van der Waals surface area contributed by atoms with E-state index in [0.29, 0.717) is 0 Å². The van der Waals surface area contributed by atoms with Crippen molar-refractivity contribution in [3.05, 3.63) is 0 Å². The van der Waals surface area contributed by atoms with E-state index in [2.05, 4.69) is 12.2 Å². The fourth-order valence-electron chi connectivity index (χ4n) is 3.82. The summed E-state index contributed by atoms with van der Waals surface area (Å²) in [6.45, 7) is 6.77. The molecule has 0 saturated heterocycles. The van der Waals surface area contributed by atoms with E-state index in [9.17, 15) is 14.4 Å². The molecule has 5 nitrogen and oxygen atoms in total. The van der Waals surface area contributed by atoms with Gasteiger partial charge in [-0.3, -0.25) is 0 Å². The van der Waals surface area contributed by atoms with Gasteiger partial charge in [-0.05, 0) is 26.8 Å². The van der Waals surface area contributed by atoms with Gasteiger partial charge in [-0.15, -0.1) is 12.4 Å². The molecule has 6 N–H and O–H groups in total. The molecule has 0 aliphatic rings. The molecule has 184 valence electrons. The van der Waals surface area contributed by atoms with Gasteiger partial charge in [0, 0.05) is 17.6 Å². The molecule has 0 aromatic rings. The van der Waals surface area contributed by atoms with Gasteiger partial charge in [-0.2, -0.15) is 0 Å². The Hall–Kier alpha value is 0.307. The van der Waals surface area contributed by atoms with Crippen LogP contribution in [0, 0.1) is 0 Å². The van der Waals surface area contributed by atoms with E-state index in [1.165, 1.54) is 96.3 Å². The van der Waals surface area contributed by atoms with E-state index >= 15 is 0 Å². The number of hydrogen-bond donors (Lipinski definition) is 5. The molecule has 1 unspecified atom stereocenters. The first-order valence-electron chi connectivity index (χ1n) is 12.4. The molecular formula is C23H53ClN2O3Si. The van der Waals surface area contributed by atoms with Crippen LogP contribution in [0.1, 0.15) is 124 Å². The van der Waals surface area contributed by atoms with Crippen LogP contribution in [0.4, 0.5) is 0 Å². The van der Waals surface area contributed by atoms with Crippen molar-refractivity contribution in [3.63, 3.8) is 0 Å². The van der Waals surface area contributed by atoms with Crippen LogP contribution in [0.3, 0.4) is 0 Å². The second kappa shape index (κ2) is 20.0. The summed E-state index contributed by atoms with van der Waals surface area (Å²) < 4.78 is 0. The second-order valence-corrected chi connectivity index (χ2v) is 11.6. The molecule has 0 spiro atoms. The fraction of sp³-hybridized carbons (Fsp3) is 1.00. The number of unbranched alkanes of at least 4 members (excludes halogenated alkanes) is 15. The van der Waals surface area contributed by atoms with Crippen LogP contribution in [-0.2, 0) is 0 Å². The van der Waals surface area contributed by atoms with E-state index in [0.717, 1.165) is 13.0 Å². The minimum atomic E-state index is -4.08. The van der Waals surface area contributed by atoms with Crippen LogP contribution >= 0.6 is 12.4 Å². The van der Waals surface area contributed by atoms with Gasteiger partial charge in [0.25, 0.3) is 0 Å². The van der Waals surface area contributed by atoms with Crippen molar-refractivity contribution < 1.29 is 14.4 Å². The van der Waals surface area contributed by atoms with E-state index in [4.69, 9.17) is 5.73 Å². The Morgan fingerprint density at radius 2 is 1.03 bits per heavy atom. The second-order valence-electron chi connectivity index (χ2n) is 9.61. The molecule has 0 fully saturated rings. The SMILES string of the molecule is CCCCCCCCCCCCCCCCCCNC(C[Si](O)(O)O)C(C)(C)N.Cl. The van der Waals surface area contributed by atoms with Crippen molar-refractivity contribution >= 4 is 21.2 Å². The highest BCUT2D eigenvalue weighted by Crippen LogP contribution is 2.15. The number of hydrogen-bond acceptors (Lipinski definition) is 5. The third-order valence-corrected chi connectivity index (χ3v) is 6.75. The van der Waals surface area contributed by atoms with Crippen LogP contribution in [0.2, 0.25) is 6.04 Å². The quantitative estimate of drug-likeness (QED) is 0.116. The molecule has 0 saturated carbocycles. The summed E-state index contributed by atoms with van der Waals surface area (Å²) in [6, 6.07) is -0.347. The van der Waals surface area contributed by atoms with Crippen molar-refractivity contribution in [2.75, 3.05) is 6.54 Å². The predicted octanol–water partition coefficient (Wildman–Crippen LogP) is 5.28. The van der Waals surface area contributed by atoms with Crippen LogP contribution in [0.5, 0.6) is 0 Å². The molecule has 0 radical (unpaired) electrons. The molecule has 7 heteroatoms. The van der Waals surface area contributed by atoms with Crippen LogP contribution in [0.25, 0.3) is 0 Å². The molecule has 0 rings (SSSR count). The van der Waals surface area contributed by atoms with Gasteiger partial charge in [-0.1, -0.05) is 103 Å². The van der Waals surface area contributed by atoms with Crippen molar-refractivity contribution in [3.8, 4) is 0 Å². The third kappa shape index (κ3) is 23.0. The van der Waals surface area contributed by atoms with Gasteiger partial charge in [-0.25, -0.2) is 0 Å². The molecule has 0 aromatic heterocycles. The predicted molar refractivity (Wildman–Crippen MR) is 134 cm³/mol. The van der Waals surface area contributed by atoms with E-state index in [1.54, 1.807) is 0 Å². The summed E-state index contributed by atoms with van der Waals surface area (Å²) in [5, 5.41) is 3.30. The van der Waals surface area contributed by atoms with Gasteiger partial charge >= 0.3 is 8.80 Å². The van der Waals surface area contributed by atoms with E-state index in [1.807, 2.05) is 13.8 Å². The van der Waals surface area contributed by atoms with Gasteiger partial charge in [0.15, 0.2) is 0 Å². The Morgan fingerprint density at radius 1 is 0.700 bits per heavy atom. The zero-order valence-electron chi connectivity index (χ0n) is 20.1. The molecule has 0 amide bonds. The zero-order valence-corrected chi connectivity index (χ0v) is 21.9. The number of nitrogens with one attached hydrogen (secondary N) is 1. The lowest BCUT2D eigenvalue weighted by atomic mass is 9.97. The fourth-order valence-corrected chi connectivity index (χ4v) is 5.04. The number of nitrogens with two attached hydrogens (primary N) is 1. The average Bonchev–Trinajstić information content (AvgIpc) is 2.61. The lowest BCUT2D eigenvalue weighted by molar-refractivity contribution is 0.209. The summed E-state index contributed by atoms with van der Waals surface area (Å²) in [5.41, 5.74) is 5.49. The van der Waals surface area contributed by atoms with Gasteiger partial charge in [0.2, 0.25) is 0 Å². The Labute approximate surface area is 194 Å². The summed E-state index contributed by atoms with van der Waals surface area (Å²) in [6.07, 6.45) is 21.6. The van der Waals surface area contributed by atoms with E-state index in [-0.39, 0.29) is 24.5 Å². The Morgan fingerprint density at radius 3 is 1.33 bits per heavy atom. The monoisotopic (exact) mass is 468 g/mol. The maximum Gasteiger partial charge on any atom is 0.494 e. The first kappa shape index (κ1) is 32.5. The van der Waals surface area contributed by atoms with Crippen molar-refractivity contribution in [2.24, 2.45) is 5.73 Å². The maximum absolute atomic E-state index is 9.35. The standard InChI is InChI=1S/C23H52N2O3Si.ClH/c1-4-5-6-7-8-9-10-11-12-13-14-15-16-17-18-19-20-25-22(23(2,3)24)21-29(26,27)28;/h22,25-28H,4-21,24H2,1-3H3;1H. The molecule has 0 bridgehead atoms. The molecule has 1 atom stereocenters. The highest BCUT2D eigenvalue weighted by molar-refractivity contribution is 6.56. The summed E-state index contributed by atoms with van der Waals surface area (Å²) >= 11 is 0. The Balaban J connectivity index is 0. The van der Waals surface area contributed by atoms with Crippen LogP contribution in [0.15, 0.2) is 0 Å². The first-order chi connectivity index (χ1) is 13.7. The minimum Gasteiger partial charge on any atom is -0.390 e. The first-order valence-corrected chi connectivity index (χ1v) is 14.4. The number of rotatable bonds is 21. The molecule has 30 heavy (non-hydrogen) atoms. The maximum atomic E-state index is 9.35. The van der Waals surface area contributed by atoms with Crippen molar-refractivity contribution in [1.29, 1.82) is 0 Å². The zero-order chi connectivity index (χ0) is 22.0.